The van der Waals surface area contributed by atoms with E-state index in [1.54, 1.807) is 11.4 Å². The zero-order valence-corrected chi connectivity index (χ0v) is 17.0. The van der Waals surface area contributed by atoms with E-state index < -0.39 is 23.0 Å². The number of alkyl halides is 3. The maximum atomic E-state index is 13.3. The molecule has 0 fully saturated rings. The molecular weight excluding hydrogens is 413 g/mol. The molecule has 2 aromatic carbocycles. The van der Waals surface area contributed by atoms with Gasteiger partial charge in [0.1, 0.15) is 4.70 Å². The Morgan fingerprint density at radius 2 is 1.77 bits per heavy atom. The van der Waals surface area contributed by atoms with Gasteiger partial charge in [0, 0.05) is 0 Å². The molecule has 0 aliphatic carbocycles. The van der Waals surface area contributed by atoms with E-state index in [9.17, 15) is 22.8 Å². The largest absolute Gasteiger partial charge is 0.416 e. The standard InChI is InChI=1S/C22H17F3N2O2S/c1-13-6-7-14(2)15(10-13)12-26-18-8-9-30-19(18)20(28)27(21(26)29)17-5-3-4-16(11-17)22(23,24)25/h3-11H,12H2,1-2H3. The third-order valence-electron chi connectivity index (χ3n) is 5.02. The molecule has 0 aliphatic rings. The monoisotopic (exact) mass is 430 g/mol. The summed E-state index contributed by atoms with van der Waals surface area (Å²) in [6.45, 7) is 4.07. The van der Waals surface area contributed by atoms with E-state index in [4.69, 9.17) is 0 Å². The van der Waals surface area contributed by atoms with Crippen molar-refractivity contribution in [2.24, 2.45) is 0 Å². The summed E-state index contributed by atoms with van der Waals surface area (Å²) >= 11 is 1.16. The molecule has 0 amide bonds. The Bertz CT molecular complexity index is 1380. The minimum Gasteiger partial charge on any atom is -0.288 e. The van der Waals surface area contributed by atoms with E-state index >= 15 is 0 Å². The molecule has 0 aliphatic heterocycles. The molecule has 0 saturated carbocycles. The zero-order valence-electron chi connectivity index (χ0n) is 16.2. The Kier molecular flexibility index (Phi) is 4.89. The summed E-state index contributed by atoms with van der Waals surface area (Å²) in [5.41, 5.74) is 1.05. The van der Waals surface area contributed by atoms with E-state index in [-0.39, 0.29) is 12.2 Å². The maximum Gasteiger partial charge on any atom is 0.416 e. The van der Waals surface area contributed by atoms with Gasteiger partial charge < -0.3 is 0 Å². The third-order valence-corrected chi connectivity index (χ3v) is 5.91. The van der Waals surface area contributed by atoms with Gasteiger partial charge in [0.2, 0.25) is 0 Å². The molecule has 4 rings (SSSR count). The van der Waals surface area contributed by atoms with Crippen LogP contribution in [0.1, 0.15) is 22.3 Å². The van der Waals surface area contributed by atoms with Crippen molar-refractivity contribution in [3.05, 3.63) is 97.0 Å². The first-order valence-electron chi connectivity index (χ1n) is 9.13. The molecule has 2 aromatic heterocycles. The highest BCUT2D eigenvalue weighted by Gasteiger charge is 2.31. The maximum absolute atomic E-state index is 13.3. The minimum absolute atomic E-state index is 0.107. The van der Waals surface area contributed by atoms with Crippen LogP contribution in [0.3, 0.4) is 0 Å². The molecule has 0 atom stereocenters. The van der Waals surface area contributed by atoms with Crippen LogP contribution in [0, 0.1) is 13.8 Å². The van der Waals surface area contributed by atoms with Crippen molar-refractivity contribution in [3.8, 4) is 5.69 Å². The molecule has 2 heterocycles. The number of aryl methyl sites for hydroxylation is 2. The van der Waals surface area contributed by atoms with Gasteiger partial charge in [-0.3, -0.25) is 9.36 Å². The van der Waals surface area contributed by atoms with Crippen LogP contribution >= 0.6 is 11.3 Å². The topological polar surface area (TPSA) is 44.0 Å². The Morgan fingerprint density at radius 3 is 2.50 bits per heavy atom. The molecule has 0 bridgehead atoms. The lowest BCUT2D eigenvalue weighted by Crippen LogP contribution is -2.38. The van der Waals surface area contributed by atoms with E-state index in [0.29, 0.717) is 10.2 Å². The summed E-state index contributed by atoms with van der Waals surface area (Å²) in [6, 6.07) is 11.8. The molecule has 0 radical (unpaired) electrons. The molecule has 0 unspecified atom stereocenters. The van der Waals surface area contributed by atoms with Crippen molar-refractivity contribution in [3.63, 3.8) is 0 Å². The fourth-order valence-corrected chi connectivity index (χ4v) is 4.25. The number of thiophene rings is 1. The van der Waals surface area contributed by atoms with Crippen LogP contribution in [0.25, 0.3) is 15.9 Å². The van der Waals surface area contributed by atoms with Crippen molar-refractivity contribution >= 4 is 21.6 Å². The van der Waals surface area contributed by atoms with E-state index in [2.05, 4.69) is 0 Å². The van der Waals surface area contributed by atoms with Crippen molar-refractivity contribution < 1.29 is 13.2 Å². The highest BCUT2D eigenvalue weighted by Crippen LogP contribution is 2.30. The second kappa shape index (κ2) is 7.28. The summed E-state index contributed by atoms with van der Waals surface area (Å²) in [4.78, 5) is 26.3. The van der Waals surface area contributed by atoms with E-state index in [1.807, 2.05) is 32.0 Å². The summed E-state index contributed by atoms with van der Waals surface area (Å²) in [5.74, 6) is 0. The van der Waals surface area contributed by atoms with E-state index in [0.717, 1.165) is 44.7 Å². The SMILES string of the molecule is Cc1ccc(C)c(Cn2c(=O)n(-c3cccc(C(F)(F)F)c3)c(=O)c3sccc32)c1. The predicted molar refractivity (Wildman–Crippen MR) is 112 cm³/mol. The molecule has 4 aromatic rings. The Balaban J connectivity index is 1.98. The molecule has 30 heavy (non-hydrogen) atoms. The van der Waals surface area contributed by atoms with Crippen molar-refractivity contribution in [1.82, 2.24) is 9.13 Å². The van der Waals surface area contributed by atoms with E-state index in [1.165, 1.54) is 16.7 Å². The fraction of sp³-hybridized carbons (Fsp3) is 0.182. The molecule has 0 saturated heterocycles. The molecule has 4 nitrogen and oxygen atoms in total. The second-order valence-corrected chi connectivity index (χ2v) is 8.04. The summed E-state index contributed by atoms with van der Waals surface area (Å²) in [5, 5.41) is 1.70. The Labute approximate surface area is 173 Å². The number of fused-ring (bicyclic) bond motifs is 1. The summed E-state index contributed by atoms with van der Waals surface area (Å²) < 4.78 is 42.1. The lowest BCUT2D eigenvalue weighted by molar-refractivity contribution is -0.137. The first kappa shape index (κ1) is 20.2. The quantitative estimate of drug-likeness (QED) is 0.464. The van der Waals surface area contributed by atoms with Gasteiger partial charge in [0.05, 0.1) is 23.3 Å². The highest BCUT2D eigenvalue weighted by atomic mass is 32.1. The number of nitrogens with zero attached hydrogens (tertiary/aromatic N) is 2. The van der Waals surface area contributed by atoms with Gasteiger partial charge in [-0.2, -0.15) is 13.2 Å². The first-order chi connectivity index (χ1) is 14.2. The molecule has 8 heteroatoms. The summed E-state index contributed by atoms with van der Waals surface area (Å²) in [6.07, 6.45) is -4.58. The number of aromatic nitrogens is 2. The van der Waals surface area contributed by atoms with Crippen LogP contribution in [0.4, 0.5) is 13.2 Å². The van der Waals surface area contributed by atoms with Gasteiger partial charge in [-0.05, 0) is 54.6 Å². The molecule has 0 N–H and O–H groups in total. The lowest BCUT2D eigenvalue weighted by Gasteiger charge is -2.15. The number of hydrogen-bond donors (Lipinski definition) is 0. The predicted octanol–water partition coefficient (Wildman–Crippen LogP) is 4.90. The van der Waals surface area contributed by atoms with Gasteiger partial charge in [-0.25, -0.2) is 9.36 Å². The Morgan fingerprint density at radius 1 is 1.00 bits per heavy atom. The smallest absolute Gasteiger partial charge is 0.288 e. The normalized spacial score (nSPS) is 11.9. The van der Waals surface area contributed by atoms with Gasteiger partial charge in [-0.15, -0.1) is 11.3 Å². The van der Waals surface area contributed by atoms with Crippen molar-refractivity contribution in [2.75, 3.05) is 0 Å². The molecule has 154 valence electrons. The minimum atomic E-state index is -4.58. The first-order valence-corrected chi connectivity index (χ1v) is 10.0. The van der Waals surface area contributed by atoms with Gasteiger partial charge in [0.15, 0.2) is 0 Å². The third kappa shape index (κ3) is 3.47. The zero-order chi connectivity index (χ0) is 21.6. The van der Waals surface area contributed by atoms with Crippen LogP contribution in [-0.4, -0.2) is 9.13 Å². The van der Waals surface area contributed by atoms with Crippen LogP contribution in [0.2, 0.25) is 0 Å². The van der Waals surface area contributed by atoms with Crippen molar-refractivity contribution in [2.45, 2.75) is 26.6 Å². The molecular formula is C22H17F3N2O2S. The lowest BCUT2D eigenvalue weighted by atomic mass is 10.1. The van der Waals surface area contributed by atoms with Crippen LogP contribution in [-0.2, 0) is 12.7 Å². The second-order valence-electron chi connectivity index (χ2n) is 7.12. The number of halogens is 3. The highest BCUT2D eigenvalue weighted by molar-refractivity contribution is 7.17. The Hall–Kier alpha value is -3.13. The van der Waals surface area contributed by atoms with Gasteiger partial charge >= 0.3 is 11.9 Å². The number of rotatable bonds is 3. The van der Waals surface area contributed by atoms with Crippen LogP contribution < -0.4 is 11.2 Å². The van der Waals surface area contributed by atoms with Gasteiger partial charge in [0.25, 0.3) is 5.56 Å². The van der Waals surface area contributed by atoms with Crippen LogP contribution in [0.5, 0.6) is 0 Å². The molecule has 0 spiro atoms. The van der Waals surface area contributed by atoms with Crippen molar-refractivity contribution in [1.29, 1.82) is 0 Å². The van der Waals surface area contributed by atoms with Crippen LogP contribution in [0.15, 0.2) is 63.5 Å². The van der Waals surface area contributed by atoms with Gasteiger partial charge in [-0.1, -0.05) is 29.8 Å². The fourth-order valence-electron chi connectivity index (χ4n) is 3.43. The number of benzene rings is 2. The average molecular weight is 430 g/mol. The average Bonchev–Trinajstić information content (AvgIpc) is 3.17. The summed E-state index contributed by atoms with van der Waals surface area (Å²) in [7, 11) is 0. The number of hydrogen-bond acceptors (Lipinski definition) is 3.